The number of ether oxygens (including phenoxy) is 1. The highest BCUT2D eigenvalue weighted by Gasteiger charge is 2.15. The standard InChI is InChI=1S/C13H19N3O/c1-4-16-12-6-5-9(2)7-11(12)15-13(16)10(14)8-17-3/h5-7,10H,4,8,14H2,1-3H3. The van der Waals surface area contributed by atoms with Crippen LogP contribution in [0.25, 0.3) is 11.0 Å². The molecule has 2 rings (SSSR count). The summed E-state index contributed by atoms with van der Waals surface area (Å²) < 4.78 is 7.25. The highest BCUT2D eigenvalue weighted by Crippen LogP contribution is 2.21. The zero-order valence-electron chi connectivity index (χ0n) is 10.6. The van der Waals surface area contributed by atoms with Crippen LogP contribution in [-0.4, -0.2) is 23.3 Å². The van der Waals surface area contributed by atoms with Gasteiger partial charge in [0.15, 0.2) is 0 Å². The predicted molar refractivity (Wildman–Crippen MR) is 68.9 cm³/mol. The molecule has 1 aromatic carbocycles. The third kappa shape index (κ3) is 2.18. The number of aromatic nitrogens is 2. The van der Waals surface area contributed by atoms with Crippen molar-refractivity contribution in [1.82, 2.24) is 9.55 Å². The molecule has 0 aliphatic carbocycles. The van der Waals surface area contributed by atoms with Gasteiger partial charge in [-0.3, -0.25) is 0 Å². The van der Waals surface area contributed by atoms with Crippen LogP contribution < -0.4 is 5.73 Å². The van der Waals surface area contributed by atoms with Crippen molar-refractivity contribution in [3.05, 3.63) is 29.6 Å². The van der Waals surface area contributed by atoms with E-state index in [0.717, 1.165) is 23.4 Å². The molecule has 1 aromatic heterocycles. The Morgan fingerprint density at radius 2 is 2.24 bits per heavy atom. The van der Waals surface area contributed by atoms with Crippen molar-refractivity contribution in [1.29, 1.82) is 0 Å². The molecule has 92 valence electrons. The minimum absolute atomic E-state index is 0.173. The minimum Gasteiger partial charge on any atom is -0.383 e. The molecule has 0 spiro atoms. The van der Waals surface area contributed by atoms with Gasteiger partial charge in [0.1, 0.15) is 5.82 Å². The van der Waals surface area contributed by atoms with Crippen molar-refractivity contribution in [3.8, 4) is 0 Å². The number of hydrogen-bond acceptors (Lipinski definition) is 3. The summed E-state index contributed by atoms with van der Waals surface area (Å²) in [7, 11) is 1.66. The van der Waals surface area contributed by atoms with Gasteiger partial charge >= 0.3 is 0 Å². The zero-order valence-corrected chi connectivity index (χ0v) is 10.6. The number of benzene rings is 1. The van der Waals surface area contributed by atoms with Crippen LogP contribution in [-0.2, 0) is 11.3 Å². The lowest BCUT2D eigenvalue weighted by molar-refractivity contribution is 0.177. The molecule has 1 atom stereocenters. The lowest BCUT2D eigenvalue weighted by Crippen LogP contribution is -2.20. The molecule has 0 saturated carbocycles. The molecule has 0 aliphatic rings. The van der Waals surface area contributed by atoms with E-state index in [-0.39, 0.29) is 6.04 Å². The molecule has 0 saturated heterocycles. The molecule has 4 nitrogen and oxygen atoms in total. The van der Waals surface area contributed by atoms with Gasteiger partial charge in [-0.25, -0.2) is 4.98 Å². The summed E-state index contributed by atoms with van der Waals surface area (Å²) in [6.07, 6.45) is 0. The van der Waals surface area contributed by atoms with Gasteiger partial charge in [-0.2, -0.15) is 0 Å². The number of rotatable bonds is 4. The molecular weight excluding hydrogens is 214 g/mol. The zero-order chi connectivity index (χ0) is 12.4. The van der Waals surface area contributed by atoms with E-state index in [4.69, 9.17) is 10.5 Å². The highest BCUT2D eigenvalue weighted by molar-refractivity contribution is 5.77. The van der Waals surface area contributed by atoms with Gasteiger partial charge in [0, 0.05) is 13.7 Å². The maximum absolute atomic E-state index is 6.08. The normalized spacial score (nSPS) is 13.2. The fourth-order valence-electron chi connectivity index (χ4n) is 2.13. The number of hydrogen-bond donors (Lipinski definition) is 1. The number of aryl methyl sites for hydroxylation is 2. The third-order valence-corrected chi connectivity index (χ3v) is 2.93. The summed E-state index contributed by atoms with van der Waals surface area (Å²) in [4.78, 5) is 4.62. The predicted octanol–water partition coefficient (Wildman–Crippen LogP) is 2.01. The molecule has 17 heavy (non-hydrogen) atoms. The molecule has 1 heterocycles. The smallest absolute Gasteiger partial charge is 0.129 e. The second-order valence-corrected chi connectivity index (χ2v) is 4.27. The highest BCUT2D eigenvalue weighted by atomic mass is 16.5. The van der Waals surface area contributed by atoms with Crippen molar-refractivity contribution < 1.29 is 4.74 Å². The largest absolute Gasteiger partial charge is 0.383 e. The summed E-state index contributed by atoms with van der Waals surface area (Å²) in [5, 5.41) is 0. The Morgan fingerprint density at radius 1 is 1.47 bits per heavy atom. The van der Waals surface area contributed by atoms with Crippen LogP contribution in [0, 0.1) is 6.92 Å². The Bertz CT molecular complexity index is 519. The number of nitrogens with zero attached hydrogens (tertiary/aromatic N) is 2. The SMILES string of the molecule is CCn1c(C(N)COC)nc2cc(C)ccc21. The maximum Gasteiger partial charge on any atom is 0.129 e. The summed E-state index contributed by atoms with van der Waals surface area (Å²) in [5.74, 6) is 0.898. The van der Waals surface area contributed by atoms with E-state index in [1.165, 1.54) is 5.56 Å². The van der Waals surface area contributed by atoms with Crippen LogP contribution in [0.1, 0.15) is 24.4 Å². The van der Waals surface area contributed by atoms with Crippen LogP contribution >= 0.6 is 0 Å². The van der Waals surface area contributed by atoms with Crippen molar-refractivity contribution in [2.24, 2.45) is 5.73 Å². The maximum atomic E-state index is 6.08. The second-order valence-electron chi connectivity index (χ2n) is 4.27. The van der Waals surface area contributed by atoms with Gasteiger partial charge < -0.3 is 15.0 Å². The summed E-state index contributed by atoms with van der Waals surface area (Å²) >= 11 is 0. The summed E-state index contributed by atoms with van der Waals surface area (Å²) in [6, 6.07) is 6.11. The molecule has 1 unspecified atom stereocenters. The van der Waals surface area contributed by atoms with E-state index >= 15 is 0 Å². The fourth-order valence-corrected chi connectivity index (χ4v) is 2.13. The Morgan fingerprint density at radius 3 is 2.88 bits per heavy atom. The van der Waals surface area contributed by atoms with E-state index in [1.807, 2.05) is 0 Å². The number of nitrogens with two attached hydrogens (primary N) is 1. The average Bonchev–Trinajstić information content (AvgIpc) is 2.66. The molecular formula is C13H19N3O. The van der Waals surface area contributed by atoms with E-state index in [2.05, 4.69) is 41.6 Å². The van der Waals surface area contributed by atoms with E-state index in [0.29, 0.717) is 6.61 Å². The third-order valence-electron chi connectivity index (χ3n) is 2.93. The van der Waals surface area contributed by atoms with Gasteiger partial charge in [0.05, 0.1) is 23.7 Å². The lowest BCUT2D eigenvalue weighted by Gasteiger charge is -2.12. The quantitative estimate of drug-likeness (QED) is 0.879. The summed E-state index contributed by atoms with van der Waals surface area (Å²) in [6.45, 7) is 5.53. The minimum atomic E-state index is -0.173. The fraction of sp³-hybridized carbons (Fsp3) is 0.462. The topological polar surface area (TPSA) is 53.1 Å². The number of fused-ring (bicyclic) bond motifs is 1. The van der Waals surface area contributed by atoms with Crippen molar-refractivity contribution in [2.45, 2.75) is 26.4 Å². The Hall–Kier alpha value is -1.39. The van der Waals surface area contributed by atoms with Gasteiger partial charge in [0.25, 0.3) is 0 Å². The molecule has 0 fully saturated rings. The average molecular weight is 233 g/mol. The van der Waals surface area contributed by atoms with Gasteiger partial charge in [-0.15, -0.1) is 0 Å². The summed E-state index contributed by atoms with van der Waals surface area (Å²) in [5.41, 5.74) is 9.43. The van der Waals surface area contributed by atoms with Crippen LogP contribution in [0.4, 0.5) is 0 Å². The molecule has 0 aliphatic heterocycles. The van der Waals surface area contributed by atoms with Gasteiger partial charge in [-0.1, -0.05) is 6.07 Å². The van der Waals surface area contributed by atoms with Crippen molar-refractivity contribution in [3.63, 3.8) is 0 Å². The first-order valence-electron chi connectivity index (χ1n) is 5.88. The molecule has 4 heteroatoms. The van der Waals surface area contributed by atoms with Crippen LogP contribution in [0.15, 0.2) is 18.2 Å². The lowest BCUT2D eigenvalue weighted by atomic mass is 10.2. The molecule has 0 bridgehead atoms. The van der Waals surface area contributed by atoms with Crippen LogP contribution in [0.2, 0.25) is 0 Å². The van der Waals surface area contributed by atoms with E-state index in [9.17, 15) is 0 Å². The molecule has 2 N–H and O–H groups in total. The second kappa shape index (κ2) is 4.85. The monoisotopic (exact) mass is 233 g/mol. The van der Waals surface area contributed by atoms with Crippen LogP contribution in [0.3, 0.4) is 0 Å². The van der Waals surface area contributed by atoms with Crippen molar-refractivity contribution in [2.75, 3.05) is 13.7 Å². The van der Waals surface area contributed by atoms with Crippen molar-refractivity contribution >= 4 is 11.0 Å². The first-order chi connectivity index (χ1) is 8.17. The van der Waals surface area contributed by atoms with Crippen LogP contribution in [0.5, 0.6) is 0 Å². The van der Waals surface area contributed by atoms with Gasteiger partial charge in [0.2, 0.25) is 0 Å². The number of imidazole rings is 1. The van der Waals surface area contributed by atoms with E-state index < -0.39 is 0 Å². The molecule has 0 amide bonds. The number of methoxy groups -OCH3 is 1. The van der Waals surface area contributed by atoms with Gasteiger partial charge in [-0.05, 0) is 31.5 Å². The Labute approximate surface area is 101 Å². The molecule has 0 radical (unpaired) electrons. The first-order valence-corrected chi connectivity index (χ1v) is 5.88. The Kier molecular flexibility index (Phi) is 3.45. The first kappa shape index (κ1) is 12.1. The Balaban J connectivity index is 2.55. The molecule has 2 aromatic rings. The van der Waals surface area contributed by atoms with E-state index in [1.54, 1.807) is 7.11 Å².